The fourth-order valence-electron chi connectivity index (χ4n) is 1.85. The molecule has 1 saturated heterocycles. The number of rotatable bonds is 2. The van der Waals surface area contributed by atoms with E-state index >= 15 is 0 Å². The van der Waals surface area contributed by atoms with Gasteiger partial charge in [0, 0.05) is 16.7 Å². The molecule has 1 fully saturated rings. The molecule has 0 spiro atoms. The van der Waals surface area contributed by atoms with Crippen LogP contribution in [0.3, 0.4) is 0 Å². The van der Waals surface area contributed by atoms with Crippen molar-refractivity contribution in [3.8, 4) is 5.75 Å². The van der Waals surface area contributed by atoms with Gasteiger partial charge in [-0.2, -0.15) is 0 Å². The zero-order valence-electron chi connectivity index (χ0n) is 10.2. The number of carbonyl (C=O) groups excluding carboxylic acids is 2. The molecule has 102 valence electrons. The van der Waals surface area contributed by atoms with Gasteiger partial charge in [0.2, 0.25) is 5.91 Å². The van der Waals surface area contributed by atoms with Crippen LogP contribution in [0.25, 0.3) is 0 Å². The number of carbonyl (C=O) groups is 2. The summed E-state index contributed by atoms with van der Waals surface area (Å²) in [4.78, 5) is 25.2. The molecule has 0 aromatic heterocycles. The zero-order chi connectivity index (χ0) is 14.0. The van der Waals surface area contributed by atoms with Gasteiger partial charge in [-0.1, -0.05) is 11.6 Å². The minimum Gasteiger partial charge on any atom is -0.496 e. The molecule has 19 heavy (non-hydrogen) atoms. The molecule has 2 amide bonds. The zero-order valence-corrected chi connectivity index (χ0v) is 13.1. The molecule has 0 saturated carbocycles. The number of hydrogen-bond acceptors (Lipinski definition) is 3. The van der Waals surface area contributed by atoms with Gasteiger partial charge in [0.25, 0.3) is 5.91 Å². The van der Waals surface area contributed by atoms with Crippen molar-refractivity contribution in [1.29, 1.82) is 0 Å². The Labute approximate surface area is 129 Å². The van der Waals surface area contributed by atoms with Crippen LogP contribution < -0.4 is 10.1 Å². The van der Waals surface area contributed by atoms with E-state index in [9.17, 15) is 9.59 Å². The highest BCUT2D eigenvalue weighted by Crippen LogP contribution is 2.29. The van der Waals surface area contributed by atoms with Crippen molar-refractivity contribution in [3.05, 3.63) is 26.3 Å². The van der Waals surface area contributed by atoms with Crippen LogP contribution in [-0.2, 0) is 4.79 Å². The fourth-order valence-corrected chi connectivity index (χ4v) is 2.45. The average molecular weight is 395 g/mol. The summed E-state index contributed by atoms with van der Waals surface area (Å²) in [5, 5.41) is 3.17. The predicted molar refractivity (Wildman–Crippen MR) is 79.6 cm³/mol. The lowest BCUT2D eigenvalue weighted by Gasteiger charge is -2.27. The topological polar surface area (TPSA) is 58.6 Å². The molecule has 1 aromatic carbocycles. The molecule has 0 aliphatic carbocycles. The average Bonchev–Trinajstić information content (AvgIpc) is 2.40. The van der Waals surface area contributed by atoms with Crippen LogP contribution in [0.4, 0.5) is 0 Å². The van der Waals surface area contributed by atoms with E-state index in [2.05, 4.69) is 27.9 Å². The minimum absolute atomic E-state index is 0.0611. The number of piperazine rings is 1. The third-order valence-corrected chi connectivity index (χ3v) is 4.32. The lowest BCUT2D eigenvalue weighted by molar-refractivity contribution is -0.123. The maximum atomic E-state index is 12.4. The number of amides is 2. The molecular formula is C12H12ClIN2O3. The first-order valence-corrected chi connectivity index (χ1v) is 7.07. The maximum Gasteiger partial charge on any atom is 0.258 e. The predicted octanol–water partition coefficient (Wildman–Crippen LogP) is 1.53. The lowest BCUT2D eigenvalue weighted by atomic mass is 10.1. The third-order valence-electron chi connectivity index (χ3n) is 2.80. The summed E-state index contributed by atoms with van der Waals surface area (Å²) in [6.07, 6.45) is 0. The van der Waals surface area contributed by atoms with E-state index in [1.807, 2.05) is 0 Å². The van der Waals surface area contributed by atoms with Crippen LogP contribution in [0, 0.1) is 3.57 Å². The number of ether oxygens (including phenoxy) is 1. The molecule has 7 heteroatoms. The molecule has 1 N–H and O–H groups in total. The first-order valence-electron chi connectivity index (χ1n) is 5.62. The van der Waals surface area contributed by atoms with E-state index in [4.69, 9.17) is 16.3 Å². The standard InChI is InChI=1S/C12H12ClIN2O3/c1-19-10-5-9(14)8(13)4-7(10)12(18)16-3-2-15-11(17)6-16/h4-5H,2-3,6H2,1H3,(H,15,17). The Morgan fingerprint density at radius 3 is 2.89 bits per heavy atom. The molecule has 0 radical (unpaired) electrons. The van der Waals surface area contributed by atoms with Crippen LogP contribution in [0.15, 0.2) is 12.1 Å². The molecular weight excluding hydrogens is 383 g/mol. The molecule has 0 unspecified atom stereocenters. The first kappa shape index (κ1) is 14.4. The summed E-state index contributed by atoms with van der Waals surface area (Å²) in [6.45, 7) is 1.01. The summed E-state index contributed by atoms with van der Waals surface area (Å²) >= 11 is 8.11. The first-order chi connectivity index (χ1) is 9.02. The molecule has 2 rings (SSSR count). The van der Waals surface area contributed by atoms with Gasteiger partial charge in [0.15, 0.2) is 0 Å². The fraction of sp³-hybridized carbons (Fsp3) is 0.333. The van der Waals surface area contributed by atoms with Gasteiger partial charge in [-0.05, 0) is 34.7 Å². The Kier molecular flexibility index (Phi) is 4.51. The van der Waals surface area contributed by atoms with E-state index in [0.29, 0.717) is 29.4 Å². The Hall–Kier alpha value is -1.02. The highest BCUT2D eigenvalue weighted by Gasteiger charge is 2.25. The summed E-state index contributed by atoms with van der Waals surface area (Å²) in [7, 11) is 1.50. The number of hydrogen-bond donors (Lipinski definition) is 1. The van der Waals surface area contributed by atoms with Crippen LogP contribution >= 0.6 is 34.2 Å². The number of benzene rings is 1. The Balaban J connectivity index is 2.32. The van der Waals surface area contributed by atoms with Crippen LogP contribution in [-0.4, -0.2) is 43.5 Å². The van der Waals surface area contributed by atoms with Crippen molar-refractivity contribution < 1.29 is 14.3 Å². The third kappa shape index (κ3) is 3.11. The number of methoxy groups -OCH3 is 1. The number of nitrogens with one attached hydrogen (secondary N) is 1. The number of halogens is 2. The lowest BCUT2D eigenvalue weighted by Crippen LogP contribution is -2.50. The van der Waals surface area contributed by atoms with Gasteiger partial charge >= 0.3 is 0 Å². The monoisotopic (exact) mass is 394 g/mol. The Morgan fingerprint density at radius 2 is 2.26 bits per heavy atom. The van der Waals surface area contributed by atoms with Gasteiger partial charge in [0.05, 0.1) is 24.2 Å². The van der Waals surface area contributed by atoms with E-state index in [1.54, 1.807) is 12.1 Å². The van der Waals surface area contributed by atoms with Crippen molar-refractivity contribution in [3.63, 3.8) is 0 Å². The smallest absolute Gasteiger partial charge is 0.258 e. The van der Waals surface area contributed by atoms with Crippen molar-refractivity contribution in [2.45, 2.75) is 0 Å². The second kappa shape index (κ2) is 5.96. The van der Waals surface area contributed by atoms with Crippen molar-refractivity contribution >= 4 is 46.0 Å². The van der Waals surface area contributed by atoms with Crippen molar-refractivity contribution in [2.24, 2.45) is 0 Å². The Bertz CT molecular complexity index is 536. The molecule has 0 bridgehead atoms. The highest BCUT2D eigenvalue weighted by molar-refractivity contribution is 14.1. The van der Waals surface area contributed by atoms with Gasteiger partial charge in [0.1, 0.15) is 5.75 Å². The minimum atomic E-state index is -0.245. The van der Waals surface area contributed by atoms with Crippen LogP contribution in [0.5, 0.6) is 5.75 Å². The normalized spacial score (nSPS) is 15.1. The summed E-state index contributed by atoms with van der Waals surface area (Å²) in [5.74, 6) is 0.0601. The maximum absolute atomic E-state index is 12.4. The molecule has 1 aromatic rings. The van der Waals surface area contributed by atoms with Gasteiger partial charge in [-0.25, -0.2) is 0 Å². The van der Waals surface area contributed by atoms with Crippen LogP contribution in [0.1, 0.15) is 10.4 Å². The molecule has 1 aliphatic rings. The molecule has 1 aliphatic heterocycles. The SMILES string of the molecule is COc1cc(I)c(Cl)cc1C(=O)N1CCNC(=O)C1. The van der Waals surface area contributed by atoms with Crippen molar-refractivity contribution in [1.82, 2.24) is 10.2 Å². The second-order valence-electron chi connectivity index (χ2n) is 4.04. The molecule has 1 heterocycles. The summed E-state index contributed by atoms with van der Waals surface area (Å²) < 4.78 is 6.02. The van der Waals surface area contributed by atoms with Crippen molar-refractivity contribution in [2.75, 3.05) is 26.7 Å². The second-order valence-corrected chi connectivity index (χ2v) is 5.61. The highest BCUT2D eigenvalue weighted by atomic mass is 127. The molecule has 5 nitrogen and oxygen atoms in total. The summed E-state index contributed by atoms with van der Waals surface area (Å²) in [5.41, 5.74) is 0.377. The van der Waals surface area contributed by atoms with E-state index in [1.165, 1.54) is 12.0 Å². The van der Waals surface area contributed by atoms with Gasteiger partial charge in [-0.3, -0.25) is 9.59 Å². The van der Waals surface area contributed by atoms with Crippen LogP contribution in [0.2, 0.25) is 5.02 Å². The van der Waals surface area contributed by atoms with E-state index < -0.39 is 0 Å². The Morgan fingerprint density at radius 1 is 1.53 bits per heavy atom. The van der Waals surface area contributed by atoms with E-state index in [0.717, 1.165) is 3.57 Å². The van der Waals surface area contributed by atoms with Gasteiger partial charge in [-0.15, -0.1) is 0 Å². The van der Waals surface area contributed by atoms with E-state index in [-0.39, 0.29) is 18.4 Å². The largest absolute Gasteiger partial charge is 0.496 e. The van der Waals surface area contributed by atoms with Gasteiger partial charge < -0.3 is 15.0 Å². The summed E-state index contributed by atoms with van der Waals surface area (Å²) in [6, 6.07) is 3.29. The molecule has 0 atom stereocenters. The quantitative estimate of drug-likeness (QED) is 0.774. The number of nitrogens with zero attached hydrogens (tertiary/aromatic N) is 1.